The molecule has 3 nitrogen and oxygen atoms in total. The summed E-state index contributed by atoms with van der Waals surface area (Å²) in [5, 5.41) is 0. The Bertz CT molecular complexity index is 691. The highest BCUT2D eigenvalue weighted by Gasteiger charge is 2.21. The van der Waals surface area contributed by atoms with Crippen LogP contribution in [0.1, 0.15) is 17.5 Å². The van der Waals surface area contributed by atoms with Crippen LogP contribution in [0.3, 0.4) is 0 Å². The summed E-state index contributed by atoms with van der Waals surface area (Å²) in [5.74, 6) is -0.000949. The zero-order valence-electron chi connectivity index (χ0n) is 14.0. The second kappa shape index (κ2) is 7.47. The van der Waals surface area contributed by atoms with Crippen molar-refractivity contribution in [2.45, 2.75) is 19.8 Å². The first kappa shape index (κ1) is 16.5. The fourth-order valence-electron chi connectivity index (χ4n) is 3.14. The van der Waals surface area contributed by atoms with Crippen LogP contribution in [-0.2, 0) is 11.2 Å². The third-order valence-electron chi connectivity index (χ3n) is 4.53. The number of anilines is 1. The van der Waals surface area contributed by atoms with E-state index in [0.29, 0.717) is 6.42 Å². The average Bonchev–Trinajstić information content (AvgIpc) is 2.61. The van der Waals surface area contributed by atoms with Gasteiger partial charge < -0.3 is 9.80 Å². The predicted molar refractivity (Wildman–Crippen MR) is 94.7 cm³/mol. The molecule has 0 spiro atoms. The fraction of sp³-hybridized carbons (Fsp3) is 0.350. The summed E-state index contributed by atoms with van der Waals surface area (Å²) < 4.78 is 13.0. The minimum Gasteiger partial charge on any atom is -0.368 e. The van der Waals surface area contributed by atoms with E-state index in [-0.39, 0.29) is 11.7 Å². The maximum Gasteiger partial charge on any atom is 0.223 e. The van der Waals surface area contributed by atoms with Gasteiger partial charge in [-0.3, -0.25) is 4.79 Å². The topological polar surface area (TPSA) is 23.6 Å². The lowest BCUT2D eigenvalue weighted by Crippen LogP contribution is -2.48. The number of benzene rings is 2. The molecule has 24 heavy (non-hydrogen) atoms. The van der Waals surface area contributed by atoms with Gasteiger partial charge in [-0.05, 0) is 43.2 Å². The molecule has 1 amide bonds. The van der Waals surface area contributed by atoms with E-state index in [4.69, 9.17) is 0 Å². The van der Waals surface area contributed by atoms with Crippen LogP contribution in [0.25, 0.3) is 0 Å². The Morgan fingerprint density at radius 2 is 1.75 bits per heavy atom. The maximum absolute atomic E-state index is 13.0. The highest BCUT2D eigenvalue weighted by atomic mass is 19.1. The van der Waals surface area contributed by atoms with Crippen molar-refractivity contribution in [2.24, 2.45) is 0 Å². The molecular weight excluding hydrogens is 303 g/mol. The molecule has 0 aromatic heterocycles. The summed E-state index contributed by atoms with van der Waals surface area (Å²) in [6, 6.07) is 14.9. The molecule has 0 aliphatic carbocycles. The molecule has 126 valence electrons. The Labute approximate surface area is 142 Å². The lowest BCUT2D eigenvalue weighted by atomic mass is 10.1. The number of halogens is 1. The molecule has 1 aliphatic rings. The third kappa shape index (κ3) is 4.13. The van der Waals surface area contributed by atoms with E-state index < -0.39 is 0 Å². The monoisotopic (exact) mass is 326 g/mol. The average molecular weight is 326 g/mol. The van der Waals surface area contributed by atoms with E-state index in [1.165, 1.54) is 23.3 Å². The first-order valence-corrected chi connectivity index (χ1v) is 8.46. The van der Waals surface area contributed by atoms with Crippen molar-refractivity contribution < 1.29 is 9.18 Å². The summed E-state index contributed by atoms with van der Waals surface area (Å²) in [4.78, 5) is 16.5. The van der Waals surface area contributed by atoms with Gasteiger partial charge in [0.25, 0.3) is 0 Å². The van der Waals surface area contributed by atoms with Crippen molar-refractivity contribution in [2.75, 3.05) is 31.1 Å². The first-order valence-electron chi connectivity index (χ1n) is 8.46. The number of aryl methyl sites for hydroxylation is 2. The number of nitrogens with zero attached hydrogens (tertiary/aromatic N) is 2. The molecule has 1 saturated heterocycles. The van der Waals surface area contributed by atoms with Gasteiger partial charge in [0, 0.05) is 38.3 Å². The minimum atomic E-state index is -0.219. The Morgan fingerprint density at radius 1 is 1.04 bits per heavy atom. The summed E-state index contributed by atoms with van der Waals surface area (Å²) in [6.45, 7) is 5.11. The lowest BCUT2D eigenvalue weighted by Gasteiger charge is -2.36. The van der Waals surface area contributed by atoms with Gasteiger partial charge >= 0.3 is 0 Å². The number of hydrogen-bond donors (Lipinski definition) is 0. The Hall–Kier alpha value is -2.36. The van der Waals surface area contributed by atoms with Gasteiger partial charge in [0.1, 0.15) is 5.82 Å². The predicted octanol–water partition coefficient (Wildman–Crippen LogP) is 3.42. The van der Waals surface area contributed by atoms with Gasteiger partial charge in [0.15, 0.2) is 0 Å². The van der Waals surface area contributed by atoms with Crippen LogP contribution in [-0.4, -0.2) is 37.0 Å². The second-order valence-corrected chi connectivity index (χ2v) is 6.33. The van der Waals surface area contributed by atoms with Crippen LogP contribution in [0, 0.1) is 12.7 Å². The SMILES string of the molecule is Cc1cccc(CCC(=O)N2CCN(c3ccc(F)cc3)CC2)c1. The molecule has 4 heteroatoms. The summed E-state index contributed by atoms with van der Waals surface area (Å²) >= 11 is 0. The minimum absolute atomic E-state index is 0.218. The summed E-state index contributed by atoms with van der Waals surface area (Å²) in [6.07, 6.45) is 1.35. The molecule has 1 aliphatic heterocycles. The zero-order valence-corrected chi connectivity index (χ0v) is 14.0. The van der Waals surface area contributed by atoms with E-state index in [9.17, 15) is 9.18 Å². The smallest absolute Gasteiger partial charge is 0.223 e. The van der Waals surface area contributed by atoms with Crippen LogP contribution >= 0.6 is 0 Å². The molecule has 0 unspecified atom stereocenters. The van der Waals surface area contributed by atoms with Gasteiger partial charge in [-0.2, -0.15) is 0 Å². The van der Waals surface area contributed by atoms with Crippen LogP contribution in [0.5, 0.6) is 0 Å². The van der Waals surface area contributed by atoms with E-state index in [0.717, 1.165) is 38.3 Å². The van der Waals surface area contributed by atoms with Gasteiger partial charge in [-0.25, -0.2) is 4.39 Å². The van der Waals surface area contributed by atoms with Gasteiger partial charge in [-0.1, -0.05) is 29.8 Å². The quantitative estimate of drug-likeness (QED) is 0.859. The van der Waals surface area contributed by atoms with E-state index in [1.54, 1.807) is 12.1 Å². The van der Waals surface area contributed by atoms with Crippen molar-refractivity contribution in [3.8, 4) is 0 Å². The van der Waals surface area contributed by atoms with Gasteiger partial charge in [-0.15, -0.1) is 0 Å². The van der Waals surface area contributed by atoms with Crippen LogP contribution in [0.2, 0.25) is 0 Å². The molecule has 0 N–H and O–H groups in total. The van der Waals surface area contributed by atoms with Crippen molar-refractivity contribution in [3.05, 3.63) is 65.5 Å². The summed E-state index contributed by atoms with van der Waals surface area (Å²) in [7, 11) is 0. The molecule has 0 bridgehead atoms. The number of piperazine rings is 1. The molecule has 3 rings (SSSR count). The third-order valence-corrected chi connectivity index (χ3v) is 4.53. The van der Waals surface area contributed by atoms with Crippen molar-refractivity contribution >= 4 is 11.6 Å². The largest absolute Gasteiger partial charge is 0.368 e. The lowest BCUT2D eigenvalue weighted by molar-refractivity contribution is -0.131. The number of carbonyl (C=O) groups is 1. The molecule has 0 radical (unpaired) electrons. The number of amides is 1. The van der Waals surface area contributed by atoms with E-state index in [2.05, 4.69) is 30.0 Å². The normalized spacial score (nSPS) is 14.8. The Morgan fingerprint density at radius 3 is 2.42 bits per heavy atom. The second-order valence-electron chi connectivity index (χ2n) is 6.33. The molecule has 2 aromatic carbocycles. The number of rotatable bonds is 4. The number of carbonyl (C=O) groups excluding carboxylic acids is 1. The highest BCUT2D eigenvalue weighted by molar-refractivity contribution is 5.76. The summed E-state index contributed by atoms with van der Waals surface area (Å²) in [5.41, 5.74) is 3.46. The van der Waals surface area contributed by atoms with Crippen LogP contribution < -0.4 is 4.90 Å². The first-order chi connectivity index (χ1) is 11.6. The van der Waals surface area contributed by atoms with Crippen molar-refractivity contribution in [1.29, 1.82) is 0 Å². The zero-order chi connectivity index (χ0) is 16.9. The molecule has 1 fully saturated rings. The fourth-order valence-corrected chi connectivity index (χ4v) is 3.14. The van der Waals surface area contributed by atoms with Crippen LogP contribution in [0.4, 0.5) is 10.1 Å². The van der Waals surface area contributed by atoms with Crippen molar-refractivity contribution in [3.63, 3.8) is 0 Å². The van der Waals surface area contributed by atoms with Gasteiger partial charge in [0.2, 0.25) is 5.91 Å². The van der Waals surface area contributed by atoms with Crippen LogP contribution in [0.15, 0.2) is 48.5 Å². The highest BCUT2D eigenvalue weighted by Crippen LogP contribution is 2.17. The molecule has 0 saturated carbocycles. The maximum atomic E-state index is 13.0. The molecule has 1 heterocycles. The Kier molecular flexibility index (Phi) is 5.14. The molecular formula is C20H23FN2O. The van der Waals surface area contributed by atoms with Crippen molar-refractivity contribution in [1.82, 2.24) is 4.90 Å². The molecule has 0 atom stereocenters. The standard InChI is InChI=1S/C20H23FN2O/c1-16-3-2-4-17(15-16)5-10-20(24)23-13-11-22(12-14-23)19-8-6-18(21)7-9-19/h2-4,6-9,15H,5,10-14H2,1H3. The van der Waals surface area contributed by atoms with E-state index in [1.807, 2.05) is 11.0 Å². The Balaban J connectivity index is 1.49. The number of hydrogen-bond acceptors (Lipinski definition) is 2. The molecule has 2 aromatic rings. The van der Waals surface area contributed by atoms with E-state index >= 15 is 0 Å². The van der Waals surface area contributed by atoms with Gasteiger partial charge in [0.05, 0.1) is 0 Å².